The molecule has 1 aromatic rings. The minimum atomic E-state index is 0.118. The van der Waals surface area contributed by atoms with E-state index in [2.05, 4.69) is 19.9 Å². The Morgan fingerprint density at radius 3 is 2.28 bits per heavy atom. The standard InChI is InChI=1S/C31H49F/c1-3-5-7-9-11-24-13-15-27-21-30(31(32)22-29(27)19-24)28-17-16-25-18-23(10-8-6-4-2)12-14-26(25)20-28/h21-26,28H,3-20H2,1-2H3. The van der Waals surface area contributed by atoms with Gasteiger partial charge in [0.2, 0.25) is 0 Å². The molecule has 1 heteroatoms. The Labute approximate surface area is 198 Å². The summed E-state index contributed by atoms with van der Waals surface area (Å²) in [5, 5.41) is 0. The van der Waals surface area contributed by atoms with Crippen LogP contribution in [0.25, 0.3) is 0 Å². The van der Waals surface area contributed by atoms with Crippen LogP contribution in [0.2, 0.25) is 0 Å². The lowest BCUT2D eigenvalue weighted by atomic mass is 9.63. The summed E-state index contributed by atoms with van der Waals surface area (Å²) in [4.78, 5) is 0. The van der Waals surface area contributed by atoms with E-state index in [-0.39, 0.29) is 5.82 Å². The van der Waals surface area contributed by atoms with Crippen LogP contribution in [0.1, 0.15) is 139 Å². The molecule has 2 fully saturated rings. The predicted octanol–water partition coefficient (Wildman–Crippen LogP) is 9.78. The Morgan fingerprint density at radius 2 is 1.44 bits per heavy atom. The smallest absolute Gasteiger partial charge is 0.126 e. The Kier molecular flexibility index (Phi) is 9.13. The number of rotatable bonds is 10. The number of benzene rings is 1. The van der Waals surface area contributed by atoms with Gasteiger partial charge in [-0.1, -0.05) is 84.1 Å². The maximum atomic E-state index is 15.3. The second-order valence-electron chi connectivity index (χ2n) is 11.8. The van der Waals surface area contributed by atoms with E-state index in [0.717, 1.165) is 35.7 Å². The van der Waals surface area contributed by atoms with Crippen molar-refractivity contribution in [2.45, 2.75) is 135 Å². The first kappa shape index (κ1) is 24.3. The minimum absolute atomic E-state index is 0.118. The number of aryl methyl sites for hydroxylation is 1. The van der Waals surface area contributed by atoms with E-state index in [9.17, 15) is 0 Å². The zero-order valence-corrected chi connectivity index (χ0v) is 21.1. The highest BCUT2D eigenvalue weighted by Gasteiger charge is 2.36. The molecule has 0 radical (unpaired) electrons. The van der Waals surface area contributed by atoms with Crippen LogP contribution in [0.4, 0.5) is 4.39 Å². The summed E-state index contributed by atoms with van der Waals surface area (Å²) >= 11 is 0. The van der Waals surface area contributed by atoms with Gasteiger partial charge < -0.3 is 0 Å². The average Bonchev–Trinajstić information content (AvgIpc) is 2.81. The quantitative estimate of drug-likeness (QED) is 0.317. The summed E-state index contributed by atoms with van der Waals surface area (Å²) in [6, 6.07) is 4.28. The van der Waals surface area contributed by atoms with E-state index in [4.69, 9.17) is 0 Å². The van der Waals surface area contributed by atoms with Gasteiger partial charge in [-0.15, -0.1) is 0 Å². The summed E-state index contributed by atoms with van der Waals surface area (Å²) in [6.45, 7) is 4.59. The molecular formula is C31H49F. The maximum Gasteiger partial charge on any atom is 0.126 e. The largest absolute Gasteiger partial charge is 0.207 e. The van der Waals surface area contributed by atoms with Crippen molar-refractivity contribution in [1.29, 1.82) is 0 Å². The molecule has 4 rings (SSSR count). The Morgan fingerprint density at radius 1 is 0.719 bits per heavy atom. The van der Waals surface area contributed by atoms with E-state index in [1.807, 2.05) is 6.07 Å². The number of hydrogen-bond donors (Lipinski definition) is 0. The number of fused-ring (bicyclic) bond motifs is 2. The van der Waals surface area contributed by atoms with Crippen molar-refractivity contribution in [1.82, 2.24) is 0 Å². The summed E-state index contributed by atoms with van der Waals surface area (Å²) in [5.41, 5.74) is 3.89. The minimum Gasteiger partial charge on any atom is -0.207 e. The fraction of sp³-hybridized carbons (Fsp3) is 0.806. The van der Waals surface area contributed by atoms with Gasteiger partial charge in [-0.3, -0.25) is 0 Å². The van der Waals surface area contributed by atoms with Gasteiger partial charge in [0.25, 0.3) is 0 Å². The lowest BCUT2D eigenvalue weighted by Gasteiger charge is -2.42. The van der Waals surface area contributed by atoms with Crippen LogP contribution in [-0.2, 0) is 12.8 Å². The fourth-order valence-corrected chi connectivity index (χ4v) is 7.51. The molecule has 180 valence electrons. The van der Waals surface area contributed by atoms with Crippen molar-refractivity contribution in [2.75, 3.05) is 0 Å². The molecule has 3 aliphatic carbocycles. The average molecular weight is 441 g/mol. The SMILES string of the molecule is CCCCCCC1CCc2cc(C3CCC4CC(CCCCC)CCC4C3)c(F)cc2C1. The lowest BCUT2D eigenvalue weighted by molar-refractivity contribution is 0.112. The van der Waals surface area contributed by atoms with Gasteiger partial charge in [-0.25, -0.2) is 4.39 Å². The molecule has 0 heterocycles. The Hall–Kier alpha value is -0.850. The zero-order chi connectivity index (χ0) is 22.3. The molecule has 2 saturated carbocycles. The summed E-state index contributed by atoms with van der Waals surface area (Å²) in [6.07, 6.45) is 24.1. The molecule has 0 aromatic heterocycles. The molecule has 1 aromatic carbocycles. The maximum absolute atomic E-state index is 15.3. The number of unbranched alkanes of at least 4 members (excludes halogenated alkanes) is 5. The van der Waals surface area contributed by atoms with E-state index in [0.29, 0.717) is 5.92 Å². The van der Waals surface area contributed by atoms with Crippen LogP contribution < -0.4 is 0 Å². The van der Waals surface area contributed by atoms with Crippen molar-refractivity contribution in [3.63, 3.8) is 0 Å². The van der Waals surface area contributed by atoms with Crippen LogP contribution in [0.15, 0.2) is 12.1 Å². The number of hydrogen-bond acceptors (Lipinski definition) is 0. The van der Waals surface area contributed by atoms with Gasteiger partial charge in [0.05, 0.1) is 0 Å². The molecule has 32 heavy (non-hydrogen) atoms. The molecule has 0 bridgehead atoms. The summed E-state index contributed by atoms with van der Waals surface area (Å²) in [5.74, 6) is 4.15. The fourth-order valence-electron chi connectivity index (χ4n) is 7.51. The topological polar surface area (TPSA) is 0 Å². The Bertz CT molecular complexity index is 707. The van der Waals surface area contributed by atoms with E-state index in [1.165, 1.54) is 120 Å². The Balaban J connectivity index is 1.32. The highest BCUT2D eigenvalue weighted by molar-refractivity contribution is 5.37. The van der Waals surface area contributed by atoms with Crippen molar-refractivity contribution in [2.24, 2.45) is 23.7 Å². The molecule has 5 unspecified atom stereocenters. The van der Waals surface area contributed by atoms with Crippen molar-refractivity contribution >= 4 is 0 Å². The van der Waals surface area contributed by atoms with Gasteiger partial charge in [0, 0.05) is 0 Å². The third-order valence-electron chi connectivity index (χ3n) is 9.49. The lowest BCUT2D eigenvalue weighted by Crippen LogP contribution is -2.31. The van der Waals surface area contributed by atoms with Crippen molar-refractivity contribution in [3.05, 3.63) is 34.6 Å². The van der Waals surface area contributed by atoms with Crippen LogP contribution in [0.5, 0.6) is 0 Å². The van der Waals surface area contributed by atoms with Crippen LogP contribution >= 0.6 is 0 Å². The van der Waals surface area contributed by atoms with Crippen molar-refractivity contribution in [3.8, 4) is 0 Å². The zero-order valence-electron chi connectivity index (χ0n) is 21.1. The second kappa shape index (κ2) is 12.0. The van der Waals surface area contributed by atoms with Crippen LogP contribution in [0, 0.1) is 29.5 Å². The molecule has 0 amide bonds. The monoisotopic (exact) mass is 440 g/mol. The predicted molar refractivity (Wildman–Crippen MR) is 136 cm³/mol. The molecule has 0 aliphatic heterocycles. The third-order valence-corrected chi connectivity index (χ3v) is 9.49. The molecule has 0 N–H and O–H groups in total. The van der Waals surface area contributed by atoms with Crippen molar-refractivity contribution < 1.29 is 4.39 Å². The van der Waals surface area contributed by atoms with Gasteiger partial charge in [-0.2, -0.15) is 0 Å². The molecule has 5 atom stereocenters. The van der Waals surface area contributed by atoms with Crippen LogP contribution in [0.3, 0.4) is 0 Å². The van der Waals surface area contributed by atoms with Gasteiger partial charge in [-0.05, 0) is 104 Å². The van der Waals surface area contributed by atoms with Gasteiger partial charge >= 0.3 is 0 Å². The highest BCUT2D eigenvalue weighted by Crippen LogP contribution is 2.49. The summed E-state index contributed by atoms with van der Waals surface area (Å²) in [7, 11) is 0. The van der Waals surface area contributed by atoms with Crippen LogP contribution in [-0.4, -0.2) is 0 Å². The van der Waals surface area contributed by atoms with E-state index in [1.54, 1.807) is 0 Å². The van der Waals surface area contributed by atoms with Gasteiger partial charge in [0.1, 0.15) is 5.82 Å². The first-order chi connectivity index (χ1) is 15.7. The first-order valence-corrected chi connectivity index (χ1v) is 14.5. The molecule has 0 nitrogen and oxygen atoms in total. The number of halogens is 1. The normalized spacial score (nSPS) is 30.0. The molecule has 3 aliphatic rings. The van der Waals surface area contributed by atoms with Gasteiger partial charge in [0.15, 0.2) is 0 Å². The van der Waals surface area contributed by atoms with E-state index < -0.39 is 0 Å². The third kappa shape index (κ3) is 6.18. The molecule has 0 spiro atoms. The first-order valence-electron chi connectivity index (χ1n) is 14.5. The molecular weight excluding hydrogens is 391 g/mol. The highest BCUT2D eigenvalue weighted by atomic mass is 19.1. The van der Waals surface area contributed by atoms with E-state index >= 15 is 4.39 Å². The second-order valence-corrected chi connectivity index (χ2v) is 11.8. The summed E-state index contributed by atoms with van der Waals surface area (Å²) < 4.78 is 15.3. The molecule has 0 saturated heterocycles.